The maximum Gasteiger partial charge on any atom is 0.409 e. The van der Waals surface area contributed by atoms with Crippen molar-refractivity contribution in [3.8, 4) is 0 Å². The van der Waals surface area contributed by atoms with Crippen molar-refractivity contribution in [3.05, 3.63) is 0 Å². The lowest BCUT2D eigenvalue weighted by atomic mass is 10.2. The topological polar surface area (TPSA) is 95.9 Å². The van der Waals surface area contributed by atoms with Gasteiger partial charge in [0.15, 0.2) is 0 Å². The molecule has 1 aliphatic rings. The minimum Gasteiger partial charge on any atom is -0.481 e. The minimum atomic E-state index is -0.890. The third kappa shape index (κ3) is 6.78. The molecule has 1 fully saturated rings. The summed E-state index contributed by atoms with van der Waals surface area (Å²) >= 11 is 0. The molecule has 0 aromatic carbocycles. The Morgan fingerprint density at radius 3 is 2.64 bits per heavy atom. The standard InChI is InChI=1S/C15H26N2O5/c1-15(2,3)22-14(21)16-11-7-4-5-8-12(18)17(11)10-6-9-13(19)20/h11H,4-10H2,1-3H3,(H,16,21)(H,19,20)/t11-/m1/s1. The molecular formula is C15H26N2O5. The molecule has 1 rings (SSSR count). The van der Waals surface area contributed by atoms with E-state index in [9.17, 15) is 14.4 Å². The van der Waals surface area contributed by atoms with Crippen LogP contribution in [-0.2, 0) is 14.3 Å². The first-order valence-electron chi connectivity index (χ1n) is 7.70. The van der Waals surface area contributed by atoms with E-state index < -0.39 is 23.8 Å². The van der Waals surface area contributed by atoms with E-state index in [2.05, 4.69) is 5.32 Å². The number of carboxylic acid groups (broad SMARTS) is 1. The van der Waals surface area contributed by atoms with Crippen molar-refractivity contribution in [2.45, 2.75) is 71.1 Å². The van der Waals surface area contributed by atoms with Crippen LogP contribution in [0.15, 0.2) is 0 Å². The summed E-state index contributed by atoms with van der Waals surface area (Å²) in [5, 5.41) is 11.4. The largest absolute Gasteiger partial charge is 0.481 e. The van der Waals surface area contributed by atoms with Gasteiger partial charge in [-0.1, -0.05) is 0 Å². The van der Waals surface area contributed by atoms with Crippen LogP contribution < -0.4 is 5.32 Å². The van der Waals surface area contributed by atoms with Gasteiger partial charge in [0.1, 0.15) is 11.8 Å². The third-order valence-electron chi connectivity index (χ3n) is 3.29. The molecule has 1 atom stereocenters. The second-order valence-corrected chi connectivity index (χ2v) is 6.49. The zero-order valence-electron chi connectivity index (χ0n) is 13.6. The fraction of sp³-hybridized carbons (Fsp3) is 0.800. The van der Waals surface area contributed by atoms with Crippen LogP contribution in [0.25, 0.3) is 0 Å². The van der Waals surface area contributed by atoms with Gasteiger partial charge in [0.2, 0.25) is 5.91 Å². The lowest BCUT2D eigenvalue weighted by Gasteiger charge is -2.31. The molecule has 1 heterocycles. The molecule has 0 aromatic rings. The summed E-state index contributed by atoms with van der Waals surface area (Å²) < 4.78 is 5.23. The molecule has 0 unspecified atom stereocenters. The number of hydrogen-bond acceptors (Lipinski definition) is 4. The summed E-state index contributed by atoms with van der Waals surface area (Å²) in [5.74, 6) is -0.942. The van der Waals surface area contributed by atoms with Crippen molar-refractivity contribution in [1.29, 1.82) is 0 Å². The van der Waals surface area contributed by atoms with Crippen LogP contribution in [-0.4, -0.2) is 46.3 Å². The minimum absolute atomic E-state index is 0.00291. The number of ether oxygens (including phenoxy) is 1. The Kier molecular flexibility index (Phi) is 6.64. The lowest BCUT2D eigenvalue weighted by molar-refractivity contribution is -0.138. The Morgan fingerprint density at radius 2 is 2.05 bits per heavy atom. The number of rotatable bonds is 5. The maximum atomic E-state index is 12.2. The molecule has 2 N–H and O–H groups in total. The number of carbonyl (C=O) groups is 3. The third-order valence-corrected chi connectivity index (χ3v) is 3.29. The lowest BCUT2D eigenvalue weighted by Crippen LogP contribution is -2.51. The van der Waals surface area contributed by atoms with Gasteiger partial charge >= 0.3 is 12.1 Å². The van der Waals surface area contributed by atoms with Crippen LogP contribution in [0.1, 0.15) is 59.3 Å². The summed E-state index contributed by atoms with van der Waals surface area (Å²) in [5.41, 5.74) is -0.604. The van der Waals surface area contributed by atoms with E-state index in [0.717, 1.165) is 12.8 Å². The highest BCUT2D eigenvalue weighted by Gasteiger charge is 2.28. The first kappa shape index (κ1) is 18.3. The number of nitrogens with zero attached hydrogens (tertiary/aromatic N) is 1. The number of likely N-dealkylation sites (tertiary alicyclic amines) is 1. The number of hydrogen-bond donors (Lipinski definition) is 2. The summed E-state index contributed by atoms with van der Waals surface area (Å²) in [4.78, 5) is 36.2. The number of aliphatic carboxylic acids is 1. The monoisotopic (exact) mass is 314 g/mol. The first-order valence-corrected chi connectivity index (χ1v) is 7.70. The molecule has 7 heteroatoms. The van der Waals surface area contributed by atoms with Gasteiger partial charge < -0.3 is 20.1 Å². The number of carboxylic acids is 1. The highest BCUT2D eigenvalue weighted by atomic mass is 16.6. The summed E-state index contributed by atoms with van der Waals surface area (Å²) in [6.07, 6.45) is 2.07. The van der Waals surface area contributed by atoms with E-state index in [1.165, 1.54) is 0 Å². The molecule has 0 bridgehead atoms. The molecule has 22 heavy (non-hydrogen) atoms. The van der Waals surface area contributed by atoms with Gasteiger partial charge in [-0.3, -0.25) is 9.59 Å². The van der Waals surface area contributed by atoms with Gasteiger partial charge in [0.25, 0.3) is 0 Å². The van der Waals surface area contributed by atoms with Crippen molar-refractivity contribution in [3.63, 3.8) is 0 Å². The highest BCUT2D eigenvalue weighted by molar-refractivity contribution is 5.78. The summed E-state index contributed by atoms with van der Waals surface area (Å²) in [6.45, 7) is 5.64. The van der Waals surface area contributed by atoms with E-state index in [-0.39, 0.29) is 12.3 Å². The maximum absolute atomic E-state index is 12.2. The Hall–Kier alpha value is -1.79. The van der Waals surface area contributed by atoms with Gasteiger partial charge in [-0.2, -0.15) is 0 Å². The van der Waals surface area contributed by atoms with E-state index >= 15 is 0 Å². The summed E-state index contributed by atoms with van der Waals surface area (Å²) in [7, 11) is 0. The summed E-state index contributed by atoms with van der Waals surface area (Å²) in [6, 6.07) is 0. The Morgan fingerprint density at radius 1 is 1.36 bits per heavy atom. The number of alkyl carbamates (subject to hydrolysis) is 1. The molecule has 0 aromatic heterocycles. The zero-order chi connectivity index (χ0) is 16.8. The highest BCUT2D eigenvalue weighted by Crippen LogP contribution is 2.18. The van der Waals surface area contributed by atoms with E-state index in [1.807, 2.05) is 0 Å². The van der Waals surface area contributed by atoms with Crippen LogP contribution in [0.5, 0.6) is 0 Å². The smallest absolute Gasteiger partial charge is 0.409 e. The average molecular weight is 314 g/mol. The van der Waals surface area contributed by atoms with Crippen molar-refractivity contribution < 1.29 is 24.2 Å². The van der Waals surface area contributed by atoms with Crippen molar-refractivity contribution in [2.24, 2.45) is 0 Å². The second-order valence-electron chi connectivity index (χ2n) is 6.49. The van der Waals surface area contributed by atoms with Gasteiger partial charge in [0.05, 0.1) is 0 Å². The predicted molar refractivity (Wildman–Crippen MR) is 80.2 cm³/mol. The van der Waals surface area contributed by atoms with Crippen LogP contribution >= 0.6 is 0 Å². The molecule has 1 aliphatic heterocycles. The average Bonchev–Trinajstić information content (AvgIpc) is 2.50. The van der Waals surface area contributed by atoms with Gasteiger partial charge in [-0.05, 0) is 46.5 Å². The Bertz CT molecular complexity index is 417. The van der Waals surface area contributed by atoms with E-state index in [0.29, 0.717) is 25.8 Å². The van der Waals surface area contributed by atoms with Crippen molar-refractivity contribution in [2.75, 3.05) is 6.54 Å². The first-order chi connectivity index (χ1) is 10.2. The van der Waals surface area contributed by atoms with E-state index in [1.54, 1.807) is 25.7 Å². The van der Waals surface area contributed by atoms with Gasteiger partial charge in [0, 0.05) is 19.4 Å². The molecule has 7 nitrogen and oxygen atoms in total. The SMILES string of the molecule is CC(C)(C)OC(=O)N[C@H]1CCCCC(=O)N1CCCC(=O)O. The normalized spacial score (nSPS) is 19.5. The van der Waals surface area contributed by atoms with Gasteiger partial charge in [-0.15, -0.1) is 0 Å². The van der Waals surface area contributed by atoms with Crippen molar-refractivity contribution >= 4 is 18.0 Å². The number of amides is 2. The number of carbonyl (C=O) groups excluding carboxylic acids is 2. The molecule has 2 amide bonds. The molecule has 0 aliphatic carbocycles. The predicted octanol–water partition coefficient (Wildman–Crippen LogP) is 2.10. The molecule has 0 radical (unpaired) electrons. The van der Waals surface area contributed by atoms with Crippen LogP contribution in [0.2, 0.25) is 0 Å². The Labute approximate surface area is 131 Å². The molecule has 0 saturated carbocycles. The van der Waals surface area contributed by atoms with E-state index in [4.69, 9.17) is 9.84 Å². The molecule has 126 valence electrons. The van der Waals surface area contributed by atoms with Crippen LogP contribution in [0.3, 0.4) is 0 Å². The van der Waals surface area contributed by atoms with Crippen molar-refractivity contribution in [1.82, 2.24) is 10.2 Å². The van der Waals surface area contributed by atoms with Crippen LogP contribution in [0, 0.1) is 0 Å². The van der Waals surface area contributed by atoms with Crippen LogP contribution in [0.4, 0.5) is 4.79 Å². The van der Waals surface area contributed by atoms with Gasteiger partial charge in [-0.25, -0.2) is 4.79 Å². The fourth-order valence-corrected chi connectivity index (χ4v) is 2.36. The fourth-order valence-electron chi connectivity index (χ4n) is 2.36. The number of nitrogens with one attached hydrogen (secondary N) is 1. The molecular weight excluding hydrogens is 288 g/mol. The molecule has 1 saturated heterocycles. The Balaban J connectivity index is 2.66. The molecule has 0 spiro atoms. The zero-order valence-corrected chi connectivity index (χ0v) is 13.6. The quantitative estimate of drug-likeness (QED) is 0.810. The second kappa shape index (κ2) is 8.00.